The SMILES string of the molecule is CCOC(=O)c1ccc(S(=O)(=O)c2ccc(CCN(Cc3ccccc3)C(=O)OC(C)(C)C)cc2)cc1. The zero-order valence-electron chi connectivity index (χ0n) is 21.6. The van der Waals surface area contributed by atoms with Gasteiger partial charge in [-0.15, -0.1) is 0 Å². The van der Waals surface area contributed by atoms with Crippen molar-refractivity contribution >= 4 is 21.9 Å². The third-order valence-corrected chi connectivity index (χ3v) is 7.23. The number of sulfone groups is 1. The fourth-order valence-electron chi connectivity index (χ4n) is 3.59. The van der Waals surface area contributed by atoms with Crippen LogP contribution >= 0.6 is 0 Å². The maximum atomic E-state index is 13.1. The van der Waals surface area contributed by atoms with Crippen LogP contribution in [0.3, 0.4) is 0 Å². The van der Waals surface area contributed by atoms with Crippen molar-refractivity contribution in [1.29, 1.82) is 0 Å². The van der Waals surface area contributed by atoms with Gasteiger partial charge in [0.15, 0.2) is 0 Å². The second-order valence-electron chi connectivity index (χ2n) is 9.53. The number of amides is 1. The maximum Gasteiger partial charge on any atom is 0.410 e. The Balaban J connectivity index is 1.71. The summed E-state index contributed by atoms with van der Waals surface area (Å²) in [6.07, 6.45) is 0.127. The van der Waals surface area contributed by atoms with E-state index in [-0.39, 0.29) is 16.4 Å². The van der Waals surface area contributed by atoms with Gasteiger partial charge in [0, 0.05) is 13.1 Å². The number of hydrogen-bond donors (Lipinski definition) is 0. The standard InChI is InChI=1S/C29H33NO6S/c1-5-35-27(31)24-13-17-26(18-14-24)37(33,34)25-15-11-22(12-16-25)19-20-30(28(32)36-29(2,3)4)21-23-9-7-6-8-10-23/h6-18H,5,19-21H2,1-4H3. The Morgan fingerprint density at radius 1 is 0.811 bits per heavy atom. The molecule has 0 bridgehead atoms. The first-order chi connectivity index (χ1) is 17.5. The van der Waals surface area contributed by atoms with E-state index in [2.05, 4.69) is 0 Å². The van der Waals surface area contributed by atoms with Crippen LogP contribution in [0, 0.1) is 0 Å². The molecule has 37 heavy (non-hydrogen) atoms. The van der Waals surface area contributed by atoms with Gasteiger partial charge in [0.05, 0.1) is 22.0 Å². The molecule has 196 valence electrons. The van der Waals surface area contributed by atoms with Gasteiger partial charge in [-0.3, -0.25) is 0 Å². The molecule has 0 aliphatic heterocycles. The average molecular weight is 524 g/mol. The van der Waals surface area contributed by atoms with Crippen LogP contribution in [0.15, 0.2) is 88.7 Å². The molecule has 7 nitrogen and oxygen atoms in total. The van der Waals surface area contributed by atoms with Gasteiger partial charge in [-0.1, -0.05) is 42.5 Å². The van der Waals surface area contributed by atoms with E-state index < -0.39 is 27.5 Å². The van der Waals surface area contributed by atoms with Gasteiger partial charge in [0.25, 0.3) is 0 Å². The number of carbonyl (C=O) groups excluding carboxylic acids is 2. The first-order valence-electron chi connectivity index (χ1n) is 12.1. The minimum Gasteiger partial charge on any atom is -0.462 e. The van der Waals surface area contributed by atoms with Gasteiger partial charge in [0.2, 0.25) is 9.84 Å². The topological polar surface area (TPSA) is 90.0 Å². The van der Waals surface area contributed by atoms with Gasteiger partial charge in [-0.05, 0) is 81.6 Å². The molecule has 0 fully saturated rings. The second-order valence-corrected chi connectivity index (χ2v) is 11.5. The summed E-state index contributed by atoms with van der Waals surface area (Å²) in [5.74, 6) is -0.497. The lowest BCUT2D eigenvalue weighted by atomic mass is 10.1. The van der Waals surface area contributed by atoms with Crippen LogP contribution in [-0.2, 0) is 32.3 Å². The van der Waals surface area contributed by atoms with Crippen LogP contribution in [0.5, 0.6) is 0 Å². The van der Waals surface area contributed by atoms with E-state index >= 15 is 0 Å². The van der Waals surface area contributed by atoms with Crippen molar-refractivity contribution in [3.63, 3.8) is 0 Å². The molecular weight excluding hydrogens is 490 g/mol. The van der Waals surface area contributed by atoms with E-state index in [1.54, 1.807) is 36.1 Å². The number of esters is 1. The largest absolute Gasteiger partial charge is 0.462 e. The molecular formula is C29H33NO6S. The molecule has 0 unspecified atom stereocenters. The zero-order valence-corrected chi connectivity index (χ0v) is 22.5. The number of rotatable bonds is 9. The second kappa shape index (κ2) is 12.1. The van der Waals surface area contributed by atoms with E-state index in [0.29, 0.717) is 25.1 Å². The maximum absolute atomic E-state index is 13.1. The molecule has 0 spiro atoms. The van der Waals surface area contributed by atoms with Crippen LogP contribution in [0.4, 0.5) is 4.79 Å². The van der Waals surface area contributed by atoms with Crippen LogP contribution in [0.2, 0.25) is 0 Å². The smallest absolute Gasteiger partial charge is 0.410 e. The van der Waals surface area contributed by atoms with Crippen LogP contribution in [-0.4, -0.2) is 44.1 Å². The molecule has 0 N–H and O–H groups in total. The Bertz CT molecular complexity index is 1300. The average Bonchev–Trinajstić information content (AvgIpc) is 2.86. The third-order valence-electron chi connectivity index (χ3n) is 5.45. The van der Waals surface area contributed by atoms with Gasteiger partial charge in [-0.25, -0.2) is 18.0 Å². The highest BCUT2D eigenvalue weighted by atomic mass is 32.2. The Morgan fingerprint density at radius 2 is 1.38 bits per heavy atom. The van der Waals surface area contributed by atoms with Gasteiger partial charge in [0.1, 0.15) is 5.60 Å². The summed E-state index contributed by atoms with van der Waals surface area (Å²) >= 11 is 0. The van der Waals surface area contributed by atoms with Crippen LogP contribution in [0.25, 0.3) is 0 Å². The summed E-state index contributed by atoms with van der Waals surface area (Å²) in [7, 11) is -3.75. The molecule has 0 aliphatic rings. The fraction of sp³-hybridized carbons (Fsp3) is 0.310. The normalized spacial score (nSPS) is 11.6. The first-order valence-corrected chi connectivity index (χ1v) is 13.6. The Kier molecular flexibility index (Phi) is 9.10. The Morgan fingerprint density at radius 3 is 1.92 bits per heavy atom. The molecule has 0 radical (unpaired) electrons. The van der Waals surface area contributed by atoms with E-state index in [1.165, 1.54) is 24.3 Å². The summed E-state index contributed by atoms with van der Waals surface area (Å²) < 4.78 is 36.6. The molecule has 3 aromatic carbocycles. The van der Waals surface area contributed by atoms with Crippen molar-refractivity contribution in [3.8, 4) is 0 Å². The fourth-order valence-corrected chi connectivity index (χ4v) is 4.85. The highest BCUT2D eigenvalue weighted by Crippen LogP contribution is 2.22. The van der Waals surface area contributed by atoms with Gasteiger partial charge < -0.3 is 14.4 Å². The molecule has 1 amide bonds. The lowest BCUT2D eigenvalue weighted by Crippen LogP contribution is -2.37. The Hall–Kier alpha value is -3.65. The monoisotopic (exact) mass is 523 g/mol. The molecule has 0 saturated carbocycles. The molecule has 0 atom stereocenters. The minimum atomic E-state index is -3.75. The molecule has 0 heterocycles. The summed E-state index contributed by atoms with van der Waals surface area (Å²) in [5, 5.41) is 0. The van der Waals surface area contributed by atoms with Crippen molar-refractivity contribution in [2.75, 3.05) is 13.2 Å². The van der Waals surface area contributed by atoms with Gasteiger partial charge in [-0.2, -0.15) is 0 Å². The Labute approximate surface area is 218 Å². The van der Waals surface area contributed by atoms with Crippen molar-refractivity contribution in [2.45, 2.75) is 56.1 Å². The lowest BCUT2D eigenvalue weighted by Gasteiger charge is -2.27. The van der Waals surface area contributed by atoms with Crippen LogP contribution < -0.4 is 0 Å². The lowest BCUT2D eigenvalue weighted by molar-refractivity contribution is 0.0235. The minimum absolute atomic E-state index is 0.0901. The molecule has 0 aliphatic carbocycles. The highest BCUT2D eigenvalue weighted by Gasteiger charge is 2.23. The molecule has 8 heteroatoms. The number of carbonyl (C=O) groups is 2. The van der Waals surface area contributed by atoms with Crippen LogP contribution in [0.1, 0.15) is 49.2 Å². The first kappa shape index (κ1) is 27.9. The van der Waals surface area contributed by atoms with Crippen molar-refractivity contribution in [3.05, 3.63) is 95.6 Å². The number of ether oxygens (including phenoxy) is 2. The predicted molar refractivity (Wildman–Crippen MR) is 141 cm³/mol. The molecule has 3 rings (SSSR count). The van der Waals surface area contributed by atoms with Crippen molar-refractivity contribution in [1.82, 2.24) is 4.90 Å². The van der Waals surface area contributed by atoms with Crippen molar-refractivity contribution < 1.29 is 27.5 Å². The summed E-state index contributed by atoms with van der Waals surface area (Å²) in [4.78, 5) is 26.5. The van der Waals surface area contributed by atoms with Crippen molar-refractivity contribution in [2.24, 2.45) is 0 Å². The highest BCUT2D eigenvalue weighted by molar-refractivity contribution is 7.91. The van der Waals surface area contributed by atoms with Gasteiger partial charge >= 0.3 is 12.1 Å². The number of hydrogen-bond acceptors (Lipinski definition) is 6. The molecule has 0 saturated heterocycles. The predicted octanol–water partition coefficient (Wildman–Crippen LogP) is 5.68. The molecule has 0 aromatic heterocycles. The van der Waals surface area contributed by atoms with E-state index in [1.807, 2.05) is 51.1 Å². The van der Waals surface area contributed by atoms with E-state index in [0.717, 1.165) is 11.1 Å². The van der Waals surface area contributed by atoms with E-state index in [9.17, 15) is 18.0 Å². The molecule has 3 aromatic rings. The third kappa shape index (κ3) is 7.92. The number of nitrogens with zero attached hydrogens (tertiary/aromatic N) is 1. The quantitative estimate of drug-likeness (QED) is 0.336. The summed E-state index contributed by atoms with van der Waals surface area (Å²) in [6, 6.07) is 22.0. The zero-order chi connectivity index (χ0) is 27.1. The summed E-state index contributed by atoms with van der Waals surface area (Å²) in [6.45, 7) is 8.25. The van der Waals surface area contributed by atoms with E-state index in [4.69, 9.17) is 9.47 Å². The number of benzene rings is 3. The summed E-state index contributed by atoms with van der Waals surface area (Å²) in [5.41, 5.74) is 1.56.